The summed E-state index contributed by atoms with van der Waals surface area (Å²) in [7, 11) is 0. The van der Waals surface area contributed by atoms with Crippen molar-refractivity contribution in [2.24, 2.45) is 0 Å². The molecule has 0 aliphatic rings. The summed E-state index contributed by atoms with van der Waals surface area (Å²) in [6.45, 7) is -0.0140. The van der Waals surface area contributed by atoms with Gasteiger partial charge >= 0.3 is 0 Å². The molecule has 5 heteroatoms. The summed E-state index contributed by atoms with van der Waals surface area (Å²) >= 11 is 5.93. The lowest BCUT2D eigenvalue weighted by Crippen LogP contribution is -1.99. The summed E-state index contributed by atoms with van der Waals surface area (Å²) in [6, 6.07) is 4.72. The minimum absolute atomic E-state index is 0.0140. The zero-order chi connectivity index (χ0) is 10.8. The maximum absolute atomic E-state index is 9.27. The number of aliphatic hydroxyl groups excluding tert-OH is 1. The second-order valence-corrected chi connectivity index (χ2v) is 3.46. The number of rotatable bonds is 2. The molecule has 0 bridgehead atoms. The van der Waals surface area contributed by atoms with Crippen molar-refractivity contribution in [2.45, 2.75) is 6.42 Å². The van der Waals surface area contributed by atoms with Gasteiger partial charge in [-0.2, -0.15) is 0 Å². The van der Waals surface area contributed by atoms with Crippen molar-refractivity contribution < 1.29 is 10.2 Å². The molecule has 4 nitrogen and oxygen atoms in total. The molecule has 0 saturated heterocycles. The first kappa shape index (κ1) is 10.1. The molecule has 0 atom stereocenters. The Morgan fingerprint density at radius 2 is 2.07 bits per heavy atom. The summed E-state index contributed by atoms with van der Waals surface area (Å²) in [5.41, 5.74) is 0.663. The number of halogens is 1. The first-order valence-electron chi connectivity index (χ1n) is 4.46. The standard InChI is InChI=1S/C10H9ClN2O2/c11-10-7-5-6(15)1-2-8(7)12-9(13-10)3-4-14/h1-2,5,14-15H,3-4H2. The molecule has 0 aliphatic carbocycles. The third-order valence-electron chi connectivity index (χ3n) is 2.01. The van der Waals surface area contributed by atoms with Crippen LogP contribution in [0, 0.1) is 0 Å². The fourth-order valence-electron chi connectivity index (χ4n) is 1.34. The van der Waals surface area contributed by atoms with Crippen LogP contribution in [0.4, 0.5) is 0 Å². The highest BCUT2D eigenvalue weighted by Gasteiger charge is 2.06. The summed E-state index contributed by atoms with van der Waals surface area (Å²) in [5.74, 6) is 0.628. The molecule has 2 aromatic rings. The van der Waals surface area contributed by atoms with Crippen molar-refractivity contribution in [3.63, 3.8) is 0 Å². The van der Waals surface area contributed by atoms with Crippen LogP contribution in [0.25, 0.3) is 10.9 Å². The van der Waals surface area contributed by atoms with Gasteiger partial charge < -0.3 is 10.2 Å². The Labute approximate surface area is 91.2 Å². The Hall–Kier alpha value is -1.39. The normalized spacial score (nSPS) is 10.8. The van der Waals surface area contributed by atoms with Gasteiger partial charge in [-0.15, -0.1) is 0 Å². The monoisotopic (exact) mass is 224 g/mol. The number of hydrogen-bond donors (Lipinski definition) is 2. The van der Waals surface area contributed by atoms with E-state index < -0.39 is 0 Å². The minimum Gasteiger partial charge on any atom is -0.508 e. The molecule has 0 saturated carbocycles. The summed E-state index contributed by atoms with van der Waals surface area (Å²) in [5, 5.41) is 18.9. The number of benzene rings is 1. The highest BCUT2D eigenvalue weighted by molar-refractivity contribution is 6.34. The molecule has 78 valence electrons. The number of hydrogen-bond acceptors (Lipinski definition) is 4. The van der Waals surface area contributed by atoms with Crippen LogP contribution in [0.5, 0.6) is 5.75 Å². The van der Waals surface area contributed by atoms with E-state index in [4.69, 9.17) is 16.7 Å². The first-order valence-corrected chi connectivity index (χ1v) is 4.84. The van der Waals surface area contributed by atoms with Gasteiger partial charge in [0, 0.05) is 11.8 Å². The van der Waals surface area contributed by atoms with E-state index in [0.717, 1.165) is 0 Å². The highest BCUT2D eigenvalue weighted by Crippen LogP contribution is 2.24. The van der Waals surface area contributed by atoms with Gasteiger partial charge in [0.2, 0.25) is 0 Å². The van der Waals surface area contributed by atoms with E-state index in [1.165, 1.54) is 12.1 Å². The number of phenolic OH excluding ortho intramolecular Hbond substituents is 1. The molecule has 0 aliphatic heterocycles. The fraction of sp³-hybridized carbons (Fsp3) is 0.200. The lowest BCUT2D eigenvalue weighted by molar-refractivity contribution is 0.297. The molecule has 1 heterocycles. The van der Waals surface area contributed by atoms with E-state index in [-0.39, 0.29) is 12.4 Å². The number of aromatic nitrogens is 2. The van der Waals surface area contributed by atoms with Gasteiger partial charge in [0.25, 0.3) is 0 Å². The number of nitrogens with zero attached hydrogens (tertiary/aromatic N) is 2. The first-order chi connectivity index (χ1) is 7.20. The van der Waals surface area contributed by atoms with Crippen molar-refractivity contribution in [1.29, 1.82) is 0 Å². The Morgan fingerprint density at radius 3 is 2.80 bits per heavy atom. The number of aromatic hydroxyl groups is 1. The number of phenols is 1. The third-order valence-corrected chi connectivity index (χ3v) is 2.30. The van der Waals surface area contributed by atoms with Crippen molar-refractivity contribution in [2.75, 3.05) is 6.61 Å². The molecular weight excluding hydrogens is 216 g/mol. The van der Waals surface area contributed by atoms with Crippen LogP contribution in [0.2, 0.25) is 5.15 Å². The molecule has 0 radical (unpaired) electrons. The Kier molecular flexibility index (Phi) is 2.70. The summed E-state index contributed by atoms with van der Waals surface area (Å²) in [4.78, 5) is 8.22. The third kappa shape index (κ3) is 2.00. The molecule has 0 unspecified atom stereocenters. The van der Waals surface area contributed by atoms with E-state index in [2.05, 4.69) is 9.97 Å². The largest absolute Gasteiger partial charge is 0.508 e. The molecule has 1 aromatic carbocycles. The van der Waals surface area contributed by atoms with Gasteiger partial charge in [-0.3, -0.25) is 0 Å². The Morgan fingerprint density at radius 1 is 1.27 bits per heavy atom. The molecule has 0 fully saturated rings. The van der Waals surface area contributed by atoms with Crippen LogP contribution in [0.1, 0.15) is 5.82 Å². The Balaban J connectivity index is 2.62. The second-order valence-electron chi connectivity index (χ2n) is 3.11. The maximum Gasteiger partial charge on any atom is 0.140 e. The van der Waals surface area contributed by atoms with Gasteiger partial charge in [-0.05, 0) is 18.2 Å². The van der Waals surface area contributed by atoms with E-state index in [1.807, 2.05) is 0 Å². The van der Waals surface area contributed by atoms with E-state index in [0.29, 0.717) is 28.3 Å². The van der Waals surface area contributed by atoms with Crippen LogP contribution in [0.15, 0.2) is 18.2 Å². The van der Waals surface area contributed by atoms with Crippen LogP contribution >= 0.6 is 11.6 Å². The van der Waals surface area contributed by atoms with Crippen molar-refractivity contribution in [3.8, 4) is 5.75 Å². The lowest BCUT2D eigenvalue weighted by atomic mass is 10.2. The van der Waals surface area contributed by atoms with Crippen LogP contribution in [-0.2, 0) is 6.42 Å². The molecule has 2 N–H and O–H groups in total. The zero-order valence-electron chi connectivity index (χ0n) is 7.81. The molecule has 0 spiro atoms. The topological polar surface area (TPSA) is 66.2 Å². The lowest BCUT2D eigenvalue weighted by Gasteiger charge is -2.03. The molecule has 0 amide bonds. The van der Waals surface area contributed by atoms with E-state index in [9.17, 15) is 5.11 Å². The smallest absolute Gasteiger partial charge is 0.140 e. The number of aliphatic hydroxyl groups is 1. The minimum atomic E-state index is -0.0140. The van der Waals surface area contributed by atoms with Gasteiger partial charge in [0.15, 0.2) is 0 Å². The zero-order valence-corrected chi connectivity index (χ0v) is 8.57. The van der Waals surface area contributed by atoms with E-state index >= 15 is 0 Å². The van der Waals surface area contributed by atoms with Gasteiger partial charge in [-0.1, -0.05) is 11.6 Å². The molecule has 15 heavy (non-hydrogen) atoms. The van der Waals surface area contributed by atoms with Crippen LogP contribution in [0.3, 0.4) is 0 Å². The van der Waals surface area contributed by atoms with Gasteiger partial charge in [0.05, 0.1) is 12.1 Å². The maximum atomic E-state index is 9.27. The van der Waals surface area contributed by atoms with Crippen molar-refractivity contribution >= 4 is 22.5 Å². The van der Waals surface area contributed by atoms with Gasteiger partial charge in [-0.25, -0.2) is 9.97 Å². The average molecular weight is 225 g/mol. The van der Waals surface area contributed by atoms with Gasteiger partial charge in [0.1, 0.15) is 16.7 Å². The predicted molar refractivity (Wildman–Crippen MR) is 57.0 cm³/mol. The van der Waals surface area contributed by atoms with Crippen LogP contribution in [-0.4, -0.2) is 26.8 Å². The fourth-order valence-corrected chi connectivity index (χ4v) is 1.59. The molecule has 2 rings (SSSR count). The van der Waals surface area contributed by atoms with Crippen LogP contribution < -0.4 is 0 Å². The quantitative estimate of drug-likeness (QED) is 0.760. The SMILES string of the molecule is OCCc1nc(Cl)c2cc(O)ccc2n1. The van der Waals surface area contributed by atoms with E-state index in [1.54, 1.807) is 6.07 Å². The Bertz CT molecular complexity index is 502. The van der Waals surface area contributed by atoms with Crippen molar-refractivity contribution in [3.05, 3.63) is 29.2 Å². The molecule has 1 aromatic heterocycles. The number of fused-ring (bicyclic) bond motifs is 1. The van der Waals surface area contributed by atoms with Crippen molar-refractivity contribution in [1.82, 2.24) is 9.97 Å². The molecular formula is C10H9ClN2O2. The summed E-state index contributed by atoms with van der Waals surface area (Å²) < 4.78 is 0. The highest BCUT2D eigenvalue weighted by atomic mass is 35.5. The summed E-state index contributed by atoms with van der Waals surface area (Å²) in [6.07, 6.45) is 0.372. The average Bonchev–Trinajstić information content (AvgIpc) is 2.20. The second kappa shape index (κ2) is 4.00. The predicted octanol–water partition coefficient (Wildman–Crippen LogP) is 1.52.